The predicted octanol–water partition coefficient (Wildman–Crippen LogP) is 2.20. The minimum Gasteiger partial charge on any atom is -0.354 e. The van der Waals surface area contributed by atoms with Gasteiger partial charge in [0.05, 0.1) is 0 Å². The summed E-state index contributed by atoms with van der Waals surface area (Å²) < 4.78 is 0. The summed E-state index contributed by atoms with van der Waals surface area (Å²) in [7, 11) is 0. The summed E-state index contributed by atoms with van der Waals surface area (Å²) >= 11 is 0. The van der Waals surface area contributed by atoms with Gasteiger partial charge in [0, 0.05) is 32.1 Å². The van der Waals surface area contributed by atoms with E-state index in [1.807, 2.05) is 24.3 Å². The molecule has 1 fully saturated rings. The number of likely N-dealkylation sites (tertiary alicyclic amines) is 1. The van der Waals surface area contributed by atoms with Crippen molar-refractivity contribution >= 4 is 17.5 Å². The molecule has 3 rings (SSSR count). The normalized spacial score (nSPS) is 23.4. The number of carbonyl (C=O) groups excluding carboxylic acids is 2. The second-order valence-corrected chi connectivity index (χ2v) is 7.43. The molecule has 1 saturated heterocycles. The maximum absolute atomic E-state index is 12.6. The molecule has 0 bridgehead atoms. The van der Waals surface area contributed by atoms with E-state index in [2.05, 4.69) is 17.1 Å². The SMILES string of the molecule is CC(=O)N1c2ccccc2C[C@H]1C(=O)NCCCN1CCC[C@H](C)C1. The molecule has 1 aromatic rings. The highest BCUT2D eigenvalue weighted by Gasteiger charge is 2.36. The third-order valence-corrected chi connectivity index (χ3v) is 5.31. The van der Waals surface area contributed by atoms with Gasteiger partial charge in [-0.1, -0.05) is 25.1 Å². The molecule has 2 aliphatic heterocycles. The van der Waals surface area contributed by atoms with Crippen LogP contribution in [-0.2, 0) is 16.0 Å². The van der Waals surface area contributed by atoms with Gasteiger partial charge in [0.25, 0.3) is 0 Å². The van der Waals surface area contributed by atoms with Crippen molar-refractivity contribution in [3.8, 4) is 0 Å². The smallest absolute Gasteiger partial charge is 0.243 e. The van der Waals surface area contributed by atoms with Crippen molar-refractivity contribution in [2.24, 2.45) is 5.92 Å². The number of hydrogen-bond acceptors (Lipinski definition) is 3. The molecule has 2 aliphatic rings. The van der Waals surface area contributed by atoms with Gasteiger partial charge in [0.2, 0.25) is 11.8 Å². The van der Waals surface area contributed by atoms with Crippen LogP contribution in [0.2, 0.25) is 0 Å². The van der Waals surface area contributed by atoms with Crippen LogP contribution in [0.1, 0.15) is 38.7 Å². The molecular formula is C20H29N3O2. The molecular weight excluding hydrogens is 314 g/mol. The summed E-state index contributed by atoms with van der Waals surface area (Å²) in [5, 5.41) is 3.04. The maximum Gasteiger partial charge on any atom is 0.243 e. The highest BCUT2D eigenvalue weighted by atomic mass is 16.2. The summed E-state index contributed by atoms with van der Waals surface area (Å²) in [5.74, 6) is 0.662. The minimum atomic E-state index is -0.412. The Morgan fingerprint density at radius 2 is 2.08 bits per heavy atom. The van der Waals surface area contributed by atoms with Crippen molar-refractivity contribution in [2.75, 3.05) is 31.1 Å². The molecule has 2 amide bonds. The number of nitrogens with zero attached hydrogens (tertiary/aromatic N) is 2. The Hall–Kier alpha value is -1.88. The van der Waals surface area contributed by atoms with Gasteiger partial charge in [-0.2, -0.15) is 0 Å². The van der Waals surface area contributed by atoms with E-state index >= 15 is 0 Å². The van der Waals surface area contributed by atoms with Crippen molar-refractivity contribution in [1.29, 1.82) is 0 Å². The second-order valence-electron chi connectivity index (χ2n) is 7.43. The fraction of sp³-hybridized carbons (Fsp3) is 0.600. The van der Waals surface area contributed by atoms with Crippen LogP contribution in [-0.4, -0.2) is 48.9 Å². The minimum absolute atomic E-state index is 0.0431. The van der Waals surface area contributed by atoms with Crippen molar-refractivity contribution in [2.45, 2.75) is 45.6 Å². The average Bonchev–Trinajstić information content (AvgIpc) is 2.98. The number of para-hydroxylation sites is 1. The molecule has 0 radical (unpaired) electrons. The number of nitrogens with one attached hydrogen (secondary N) is 1. The van der Waals surface area contributed by atoms with Crippen molar-refractivity contribution in [3.63, 3.8) is 0 Å². The van der Waals surface area contributed by atoms with Crippen LogP contribution in [0.25, 0.3) is 0 Å². The third kappa shape index (κ3) is 4.21. The summed E-state index contributed by atoms with van der Waals surface area (Å²) in [5.41, 5.74) is 1.94. The zero-order valence-electron chi connectivity index (χ0n) is 15.3. The lowest BCUT2D eigenvalue weighted by Gasteiger charge is -2.30. The molecule has 5 nitrogen and oxygen atoms in total. The monoisotopic (exact) mass is 343 g/mol. The Morgan fingerprint density at radius 3 is 2.84 bits per heavy atom. The number of anilines is 1. The Bertz CT molecular complexity index is 631. The van der Waals surface area contributed by atoms with Gasteiger partial charge >= 0.3 is 0 Å². The van der Waals surface area contributed by atoms with Gasteiger partial charge < -0.3 is 10.2 Å². The number of hydrogen-bond donors (Lipinski definition) is 1. The van der Waals surface area contributed by atoms with Crippen LogP contribution >= 0.6 is 0 Å². The second kappa shape index (κ2) is 8.00. The van der Waals surface area contributed by atoms with E-state index in [0.29, 0.717) is 13.0 Å². The third-order valence-electron chi connectivity index (χ3n) is 5.31. The number of rotatable bonds is 5. The Morgan fingerprint density at radius 1 is 1.28 bits per heavy atom. The van der Waals surface area contributed by atoms with Crippen molar-refractivity contribution in [1.82, 2.24) is 10.2 Å². The molecule has 1 N–H and O–H groups in total. The maximum atomic E-state index is 12.6. The fourth-order valence-corrected chi connectivity index (χ4v) is 4.11. The fourth-order valence-electron chi connectivity index (χ4n) is 4.11. The topological polar surface area (TPSA) is 52.7 Å². The van der Waals surface area contributed by atoms with E-state index in [1.54, 1.807) is 4.90 Å². The molecule has 0 aromatic heterocycles. The number of amides is 2. The van der Waals surface area contributed by atoms with Crippen LogP contribution in [0, 0.1) is 5.92 Å². The largest absolute Gasteiger partial charge is 0.354 e. The zero-order valence-corrected chi connectivity index (χ0v) is 15.3. The molecule has 0 unspecified atom stereocenters. The molecule has 0 aliphatic carbocycles. The van der Waals surface area contributed by atoms with Crippen LogP contribution < -0.4 is 10.2 Å². The number of benzene rings is 1. The first-order chi connectivity index (χ1) is 12.1. The van der Waals surface area contributed by atoms with E-state index in [0.717, 1.165) is 30.1 Å². The number of carbonyl (C=O) groups is 2. The predicted molar refractivity (Wildman–Crippen MR) is 99.6 cm³/mol. The standard InChI is InChI=1S/C20H29N3O2/c1-15-7-5-11-22(14-15)12-6-10-21-20(25)19-13-17-8-3-4-9-18(17)23(19)16(2)24/h3-4,8-9,15,19H,5-7,10-14H2,1-2H3,(H,21,25)/t15-,19-/m0/s1. The van der Waals surface area contributed by atoms with Crippen LogP contribution in [0.3, 0.4) is 0 Å². The van der Waals surface area contributed by atoms with Crippen molar-refractivity contribution < 1.29 is 9.59 Å². The number of fused-ring (bicyclic) bond motifs is 1. The zero-order chi connectivity index (χ0) is 17.8. The first kappa shape index (κ1) is 17.9. The van der Waals surface area contributed by atoms with Gasteiger partial charge in [-0.15, -0.1) is 0 Å². The summed E-state index contributed by atoms with van der Waals surface area (Å²) in [4.78, 5) is 28.8. The summed E-state index contributed by atoms with van der Waals surface area (Å²) in [6, 6.07) is 7.37. The van der Waals surface area contributed by atoms with Gasteiger partial charge in [0.15, 0.2) is 0 Å². The molecule has 1 aromatic carbocycles. The molecule has 2 atom stereocenters. The van der Waals surface area contributed by atoms with Crippen LogP contribution in [0.4, 0.5) is 5.69 Å². The van der Waals surface area contributed by atoms with E-state index in [9.17, 15) is 9.59 Å². The average molecular weight is 343 g/mol. The van der Waals surface area contributed by atoms with Gasteiger partial charge in [-0.25, -0.2) is 0 Å². The van der Waals surface area contributed by atoms with E-state index < -0.39 is 6.04 Å². The van der Waals surface area contributed by atoms with Crippen LogP contribution in [0.15, 0.2) is 24.3 Å². The molecule has 25 heavy (non-hydrogen) atoms. The first-order valence-electron chi connectivity index (χ1n) is 9.44. The Labute approximate surface area is 150 Å². The first-order valence-corrected chi connectivity index (χ1v) is 9.44. The molecule has 136 valence electrons. The van der Waals surface area contributed by atoms with E-state index in [1.165, 1.54) is 32.9 Å². The lowest BCUT2D eigenvalue weighted by molar-refractivity contribution is -0.125. The molecule has 0 saturated carbocycles. The van der Waals surface area contributed by atoms with E-state index in [-0.39, 0.29) is 11.8 Å². The lowest BCUT2D eigenvalue weighted by Crippen LogP contribution is -2.47. The van der Waals surface area contributed by atoms with Gasteiger partial charge in [-0.3, -0.25) is 14.5 Å². The Kier molecular flexibility index (Phi) is 5.74. The summed E-state index contributed by atoms with van der Waals surface area (Å²) in [6.07, 6.45) is 4.17. The highest BCUT2D eigenvalue weighted by Crippen LogP contribution is 2.32. The molecule has 0 spiro atoms. The van der Waals surface area contributed by atoms with Gasteiger partial charge in [-0.05, 0) is 49.9 Å². The summed E-state index contributed by atoms with van der Waals surface area (Å²) in [6.45, 7) is 7.88. The molecule has 5 heteroatoms. The molecule has 2 heterocycles. The van der Waals surface area contributed by atoms with Crippen molar-refractivity contribution in [3.05, 3.63) is 29.8 Å². The quantitative estimate of drug-likeness (QED) is 0.834. The highest BCUT2D eigenvalue weighted by molar-refractivity contribution is 6.02. The van der Waals surface area contributed by atoms with Gasteiger partial charge in [0.1, 0.15) is 6.04 Å². The Balaban J connectivity index is 1.49. The van der Waals surface area contributed by atoms with Crippen LogP contribution in [0.5, 0.6) is 0 Å². The lowest BCUT2D eigenvalue weighted by atomic mass is 10.0. The van der Waals surface area contributed by atoms with E-state index in [4.69, 9.17) is 0 Å². The number of piperidine rings is 1.